The van der Waals surface area contributed by atoms with Crippen LogP contribution in [0.25, 0.3) is 0 Å². The summed E-state index contributed by atoms with van der Waals surface area (Å²) >= 11 is 0. The first-order valence-corrected chi connectivity index (χ1v) is 13.0. The number of nitrogens with zero attached hydrogens (tertiary/aromatic N) is 1. The molecule has 206 valence electrons. The van der Waals surface area contributed by atoms with Crippen molar-refractivity contribution in [3.63, 3.8) is 0 Å². The maximum atomic E-state index is 13.0. The first-order valence-electron chi connectivity index (χ1n) is 9.99. The summed E-state index contributed by atoms with van der Waals surface area (Å²) in [5, 5.41) is 59.3. The first-order chi connectivity index (χ1) is 16.7. The van der Waals surface area contributed by atoms with Gasteiger partial charge in [-0.3, -0.25) is 23.4 Å². The second-order valence-corrected chi connectivity index (χ2v) is 10.7. The zero-order valence-corrected chi connectivity index (χ0v) is 19.6. The van der Waals surface area contributed by atoms with Crippen molar-refractivity contribution in [2.45, 2.75) is 55.2 Å². The molecule has 3 unspecified atom stereocenters. The van der Waals surface area contributed by atoms with Crippen molar-refractivity contribution in [3.8, 4) is 0 Å². The van der Waals surface area contributed by atoms with E-state index >= 15 is 0 Å². The van der Waals surface area contributed by atoms with Gasteiger partial charge in [0, 0.05) is 12.3 Å². The van der Waals surface area contributed by atoms with Crippen LogP contribution in [0.5, 0.6) is 0 Å². The van der Waals surface area contributed by atoms with Crippen molar-refractivity contribution < 1.29 is 72.4 Å². The van der Waals surface area contributed by atoms with Gasteiger partial charge >= 0.3 is 21.3 Å². The molecule has 0 amide bonds. The Balaban J connectivity index is 1.77. The van der Waals surface area contributed by atoms with Crippen molar-refractivity contribution in [2.24, 2.45) is 0 Å². The average Bonchev–Trinajstić information content (AvgIpc) is 3.05. The summed E-state index contributed by atoms with van der Waals surface area (Å²) in [6.07, 6.45) is -15.6. The van der Waals surface area contributed by atoms with E-state index in [0.29, 0.717) is 4.57 Å². The van der Waals surface area contributed by atoms with Gasteiger partial charge in [-0.05, 0) is 0 Å². The van der Waals surface area contributed by atoms with Crippen LogP contribution >= 0.6 is 15.6 Å². The van der Waals surface area contributed by atoms with E-state index in [9.17, 15) is 49.4 Å². The number of H-pyrrole nitrogens is 1. The molecule has 1 aromatic rings. The molecule has 0 spiro atoms. The number of aromatic nitrogens is 2. The molecule has 19 nitrogen and oxygen atoms in total. The van der Waals surface area contributed by atoms with E-state index in [1.165, 1.54) is 0 Å². The summed E-state index contributed by atoms with van der Waals surface area (Å²) in [5.41, 5.74) is -1.77. The lowest BCUT2D eigenvalue weighted by atomic mass is 10.00. The van der Waals surface area contributed by atoms with Crippen molar-refractivity contribution >= 4 is 15.6 Å². The number of aliphatic hydroxyl groups is 6. The molecular weight excluding hydrogens is 542 g/mol. The number of hydrogen-bond acceptors (Lipinski definition) is 15. The molecule has 10 atom stereocenters. The number of rotatable bonds is 9. The zero-order valence-electron chi connectivity index (χ0n) is 17.9. The molecule has 9 N–H and O–H groups in total. The Morgan fingerprint density at radius 3 is 2.17 bits per heavy atom. The van der Waals surface area contributed by atoms with Crippen LogP contribution in [0, 0.1) is 0 Å². The second kappa shape index (κ2) is 11.2. The van der Waals surface area contributed by atoms with Gasteiger partial charge in [0.2, 0.25) is 0 Å². The molecule has 21 heteroatoms. The summed E-state index contributed by atoms with van der Waals surface area (Å²) < 4.78 is 48.9. The fourth-order valence-electron chi connectivity index (χ4n) is 3.37. The van der Waals surface area contributed by atoms with Gasteiger partial charge in [-0.15, -0.1) is 0 Å². The Hall–Kier alpha value is -1.38. The van der Waals surface area contributed by atoms with Gasteiger partial charge < -0.3 is 49.9 Å². The quantitative estimate of drug-likeness (QED) is 0.127. The summed E-state index contributed by atoms with van der Waals surface area (Å²) in [5.74, 6) is 0. The van der Waals surface area contributed by atoms with E-state index in [1.807, 2.05) is 4.98 Å². The number of nitrogens with one attached hydrogen (secondary N) is 1. The molecule has 3 rings (SSSR count). The summed E-state index contributed by atoms with van der Waals surface area (Å²) in [6.45, 7) is -1.97. The zero-order chi connectivity index (χ0) is 27.0. The van der Waals surface area contributed by atoms with Crippen LogP contribution in [0.2, 0.25) is 0 Å². The molecule has 36 heavy (non-hydrogen) atoms. The Labute approximate surface area is 199 Å². The fourth-order valence-corrected chi connectivity index (χ4v) is 5.58. The van der Waals surface area contributed by atoms with Crippen LogP contribution in [-0.2, 0) is 32.0 Å². The first kappa shape index (κ1) is 29.2. The average molecular weight is 566 g/mol. The van der Waals surface area contributed by atoms with Crippen molar-refractivity contribution in [1.82, 2.24) is 9.55 Å². The standard InChI is InChI=1S/C15H24N2O17P2/c18-3-5-8(20)10(22)12(24)14(32-5)33-36(29,34-35(26,27)28)30-4-6-9(21)11(23)13(31-6)17-2-1-7(19)16-15(17)25/h1-2,5-6,8-14,18,20-24H,3-4H2,(H,16,19,25)(H2,26,27,28)/t5-,6+,8-,9?,10+,11?,12-,13+,14+,36?/m1/s1. The van der Waals surface area contributed by atoms with Crippen LogP contribution in [0.1, 0.15) is 6.23 Å². The molecule has 2 aliphatic rings. The fraction of sp³-hybridized carbons (Fsp3) is 0.733. The van der Waals surface area contributed by atoms with E-state index < -0.39 is 95.4 Å². The molecule has 0 aromatic carbocycles. The minimum atomic E-state index is -5.63. The Morgan fingerprint density at radius 2 is 1.58 bits per heavy atom. The molecule has 1 aromatic heterocycles. The summed E-state index contributed by atoms with van der Waals surface area (Å²) in [7, 11) is -11.1. The van der Waals surface area contributed by atoms with Gasteiger partial charge in [0.05, 0.1) is 13.2 Å². The third-order valence-electron chi connectivity index (χ3n) is 5.15. The molecule has 2 aliphatic heterocycles. The van der Waals surface area contributed by atoms with Crippen LogP contribution in [-0.4, -0.2) is 112 Å². The summed E-state index contributed by atoms with van der Waals surface area (Å²) in [4.78, 5) is 43.3. The topological polar surface area (TPSA) is 297 Å². The lowest BCUT2D eigenvalue weighted by molar-refractivity contribution is -0.281. The number of aliphatic hydroxyl groups excluding tert-OH is 6. The molecule has 0 radical (unpaired) electrons. The predicted molar refractivity (Wildman–Crippen MR) is 109 cm³/mol. The van der Waals surface area contributed by atoms with E-state index in [2.05, 4.69) is 4.31 Å². The van der Waals surface area contributed by atoms with Crippen molar-refractivity contribution in [2.75, 3.05) is 13.2 Å². The lowest BCUT2D eigenvalue weighted by Crippen LogP contribution is -2.59. The number of aromatic amines is 1. The Morgan fingerprint density at radius 1 is 0.944 bits per heavy atom. The van der Waals surface area contributed by atoms with Crippen LogP contribution in [0.4, 0.5) is 0 Å². The Kier molecular flexibility index (Phi) is 9.05. The SMILES string of the molecule is O=c1ccn([C@H]2O[C@@H](COP(=O)(O[C@@H]3O[C@H](CO)[C@@H](O)[C@H](O)[C@H]3O)OP(=O)(O)O)C(O)C2O)c(=O)[nH]1. The number of hydrogen-bond donors (Lipinski definition) is 9. The maximum absolute atomic E-state index is 13.0. The number of phosphoric ester groups is 1. The van der Waals surface area contributed by atoms with E-state index in [4.69, 9.17) is 28.3 Å². The van der Waals surface area contributed by atoms with Crippen LogP contribution < -0.4 is 11.2 Å². The predicted octanol–water partition coefficient (Wildman–Crippen LogP) is -4.79. The van der Waals surface area contributed by atoms with Gasteiger partial charge in [0.25, 0.3) is 5.56 Å². The molecule has 0 bridgehead atoms. The molecular formula is C15H24N2O17P2. The van der Waals surface area contributed by atoms with Gasteiger partial charge in [-0.25, -0.2) is 13.9 Å². The maximum Gasteiger partial charge on any atom is 0.486 e. The van der Waals surface area contributed by atoms with Crippen LogP contribution in [0.15, 0.2) is 21.9 Å². The highest BCUT2D eigenvalue weighted by molar-refractivity contribution is 7.61. The Bertz CT molecular complexity index is 1120. The molecule has 3 heterocycles. The van der Waals surface area contributed by atoms with Gasteiger partial charge in [0.1, 0.15) is 42.7 Å². The highest BCUT2D eigenvalue weighted by Gasteiger charge is 2.50. The second-order valence-electron chi connectivity index (χ2n) is 7.68. The van der Waals surface area contributed by atoms with E-state index in [1.54, 1.807) is 0 Å². The van der Waals surface area contributed by atoms with Crippen LogP contribution in [0.3, 0.4) is 0 Å². The lowest BCUT2D eigenvalue weighted by Gasteiger charge is -2.40. The smallest absolute Gasteiger partial charge is 0.394 e. The van der Waals surface area contributed by atoms with E-state index in [0.717, 1.165) is 12.3 Å². The minimum absolute atomic E-state index is 0.714. The number of phosphoric acid groups is 2. The van der Waals surface area contributed by atoms with Crippen molar-refractivity contribution in [3.05, 3.63) is 33.1 Å². The number of ether oxygens (including phenoxy) is 2. The normalized spacial score (nSPS) is 37.1. The highest BCUT2D eigenvalue weighted by Crippen LogP contribution is 2.62. The molecule has 0 aliphatic carbocycles. The van der Waals surface area contributed by atoms with Gasteiger partial charge in [-0.1, -0.05) is 0 Å². The van der Waals surface area contributed by atoms with E-state index in [-0.39, 0.29) is 0 Å². The van der Waals surface area contributed by atoms with Gasteiger partial charge in [0.15, 0.2) is 12.5 Å². The van der Waals surface area contributed by atoms with Crippen molar-refractivity contribution in [1.29, 1.82) is 0 Å². The highest BCUT2D eigenvalue weighted by atomic mass is 31.3. The third kappa shape index (κ3) is 6.54. The molecule has 0 saturated carbocycles. The minimum Gasteiger partial charge on any atom is -0.394 e. The largest absolute Gasteiger partial charge is 0.486 e. The van der Waals surface area contributed by atoms with Gasteiger partial charge in [-0.2, -0.15) is 4.31 Å². The third-order valence-corrected chi connectivity index (χ3v) is 7.73. The molecule has 2 fully saturated rings. The summed E-state index contributed by atoms with van der Waals surface area (Å²) in [6, 6.07) is 0.921. The monoisotopic (exact) mass is 566 g/mol. The molecule has 2 saturated heterocycles.